The van der Waals surface area contributed by atoms with Gasteiger partial charge in [0.05, 0.1) is 29.3 Å². The van der Waals surface area contributed by atoms with Gasteiger partial charge in [0.2, 0.25) is 0 Å². The molecule has 218 valence electrons. The number of ether oxygens (including phenoxy) is 2. The average molecular weight is 576 g/mol. The quantitative estimate of drug-likeness (QED) is 0.179. The van der Waals surface area contributed by atoms with Gasteiger partial charge in [-0.15, -0.1) is 0 Å². The highest BCUT2D eigenvalue weighted by Crippen LogP contribution is 2.34. The number of carbonyl (C=O) groups is 1. The van der Waals surface area contributed by atoms with E-state index in [9.17, 15) is 14.7 Å². The van der Waals surface area contributed by atoms with Gasteiger partial charge in [-0.2, -0.15) is 9.78 Å². The van der Waals surface area contributed by atoms with E-state index in [0.717, 1.165) is 28.0 Å². The molecular formula is C35H33N3O5. The Bertz CT molecular complexity index is 1890. The number of rotatable bonds is 10. The molecule has 0 spiro atoms. The summed E-state index contributed by atoms with van der Waals surface area (Å²) in [6, 6.07) is 25.2. The molecule has 1 heterocycles. The Hall–Kier alpha value is -5.24. The van der Waals surface area contributed by atoms with Crippen LogP contribution in [0.1, 0.15) is 59.3 Å². The summed E-state index contributed by atoms with van der Waals surface area (Å²) in [7, 11) is 0. The zero-order valence-electron chi connectivity index (χ0n) is 24.6. The van der Waals surface area contributed by atoms with Crippen molar-refractivity contribution in [1.29, 1.82) is 0 Å². The predicted molar refractivity (Wildman–Crippen MR) is 169 cm³/mol. The third kappa shape index (κ3) is 6.33. The van der Waals surface area contributed by atoms with E-state index in [2.05, 4.69) is 18.9 Å². The zero-order chi connectivity index (χ0) is 30.5. The van der Waals surface area contributed by atoms with Gasteiger partial charge in [0.1, 0.15) is 18.1 Å². The number of carboxylic acid groups (broad SMARTS) is 1. The van der Waals surface area contributed by atoms with Crippen LogP contribution >= 0.6 is 0 Å². The fourth-order valence-corrected chi connectivity index (χ4v) is 4.87. The SMILES string of the molecule is CCOc1cc(C)c(-c2nc3ccccc3c(=O)n2N=Cc2ccccc2OCc2cccc(C(=O)O)c2)cc1C(C)C. The van der Waals surface area contributed by atoms with Crippen LogP contribution in [-0.4, -0.2) is 33.6 Å². The predicted octanol–water partition coefficient (Wildman–Crippen LogP) is 7.05. The molecular weight excluding hydrogens is 542 g/mol. The zero-order valence-corrected chi connectivity index (χ0v) is 24.6. The van der Waals surface area contributed by atoms with Gasteiger partial charge in [0, 0.05) is 11.1 Å². The summed E-state index contributed by atoms with van der Waals surface area (Å²) in [6.45, 7) is 8.85. The van der Waals surface area contributed by atoms with Crippen LogP contribution in [0.3, 0.4) is 0 Å². The van der Waals surface area contributed by atoms with Gasteiger partial charge < -0.3 is 14.6 Å². The van der Waals surface area contributed by atoms with E-state index in [1.807, 2.05) is 56.3 Å². The van der Waals surface area contributed by atoms with Crippen molar-refractivity contribution in [3.63, 3.8) is 0 Å². The second kappa shape index (κ2) is 12.7. The van der Waals surface area contributed by atoms with Crippen LogP contribution in [-0.2, 0) is 6.61 Å². The second-order valence-electron chi connectivity index (χ2n) is 10.4. The van der Waals surface area contributed by atoms with Crippen LogP contribution in [0.25, 0.3) is 22.3 Å². The highest BCUT2D eigenvalue weighted by Gasteiger charge is 2.19. The van der Waals surface area contributed by atoms with E-state index in [4.69, 9.17) is 14.5 Å². The van der Waals surface area contributed by atoms with Crippen LogP contribution < -0.4 is 15.0 Å². The molecule has 0 aliphatic heterocycles. The highest BCUT2D eigenvalue weighted by atomic mass is 16.5. The molecule has 0 saturated heterocycles. The number of aryl methyl sites for hydroxylation is 1. The summed E-state index contributed by atoms with van der Waals surface area (Å²) >= 11 is 0. The van der Waals surface area contributed by atoms with Crippen LogP contribution in [0.4, 0.5) is 0 Å². The molecule has 0 amide bonds. The van der Waals surface area contributed by atoms with Crippen LogP contribution in [0, 0.1) is 6.92 Å². The lowest BCUT2D eigenvalue weighted by molar-refractivity contribution is 0.0696. The number of carboxylic acids is 1. The van der Waals surface area contributed by atoms with Gasteiger partial charge in [-0.05, 0) is 85.0 Å². The monoisotopic (exact) mass is 575 g/mol. The summed E-state index contributed by atoms with van der Waals surface area (Å²) in [5.41, 5.74) is 4.56. The molecule has 5 aromatic rings. The fourth-order valence-electron chi connectivity index (χ4n) is 4.87. The first kappa shape index (κ1) is 29.3. The normalized spacial score (nSPS) is 11.4. The van der Waals surface area contributed by atoms with Crippen molar-refractivity contribution in [2.45, 2.75) is 40.2 Å². The molecule has 8 nitrogen and oxygen atoms in total. The van der Waals surface area contributed by atoms with Gasteiger partial charge in [-0.25, -0.2) is 9.78 Å². The Morgan fingerprint density at radius 1 is 0.977 bits per heavy atom. The summed E-state index contributed by atoms with van der Waals surface area (Å²) < 4.78 is 13.3. The largest absolute Gasteiger partial charge is 0.494 e. The fraction of sp³-hybridized carbons (Fsp3) is 0.200. The molecule has 0 fully saturated rings. The number of nitrogens with zero attached hydrogens (tertiary/aromatic N) is 3. The standard InChI is InChI=1S/C35H33N3O5/c1-5-42-32-17-23(4)29(19-28(32)22(2)3)33-37-30-15-8-7-14-27(30)34(39)38(33)36-20-26-12-6-9-16-31(26)43-21-24-11-10-13-25(18-24)35(40)41/h6-20,22H,5,21H2,1-4H3,(H,40,41). The number of hydrogen-bond donors (Lipinski definition) is 1. The molecule has 43 heavy (non-hydrogen) atoms. The second-order valence-corrected chi connectivity index (χ2v) is 10.4. The summed E-state index contributed by atoms with van der Waals surface area (Å²) in [5.74, 6) is 0.964. The van der Waals surface area contributed by atoms with Crippen LogP contribution in [0.5, 0.6) is 11.5 Å². The molecule has 0 radical (unpaired) electrons. The van der Waals surface area contributed by atoms with Crippen molar-refractivity contribution < 1.29 is 19.4 Å². The molecule has 4 aromatic carbocycles. The molecule has 0 unspecified atom stereocenters. The lowest BCUT2D eigenvalue weighted by atomic mass is 9.96. The van der Waals surface area contributed by atoms with Gasteiger partial charge in [0.15, 0.2) is 5.82 Å². The molecule has 0 saturated carbocycles. The van der Waals surface area contributed by atoms with Gasteiger partial charge in [-0.1, -0.05) is 50.2 Å². The molecule has 8 heteroatoms. The third-order valence-corrected chi connectivity index (χ3v) is 7.07. The van der Waals surface area contributed by atoms with E-state index < -0.39 is 5.97 Å². The Balaban J connectivity index is 1.58. The van der Waals surface area contributed by atoms with Crippen molar-refractivity contribution in [3.8, 4) is 22.9 Å². The van der Waals surface area contributed by atoms with E-state index >= 15 is 0 Å². The Kier molecular flexibility index (Phi) is 8.66. The molecule has 0 aliphatic rings. The van der Waals surface area contributed by atoms with Crippen molar-refractivity contribution in [3.05, 3.63) is 123 Å². The maximum atomic E-state index is 13.8. The van der Waals surface area contributed by atoms with E-state index in [0.29, 0.717) is 34.6 Å². The smallest absolute Gasteiger partial charge is 0.335 e. The minimum Gasteiger partial charge on any atom is -0.494 e. The Labute approximate surface area is 249 Å². The van der Waals surface area contributed by atoms with Crippen LogP contribution in [0.15, 0.2) is 94.8 Å². The molecule has 0 aliphatic carbocycles. The Morgan fingerprint density at radius 2 is 1.74 bits per heavy atom. The van der Waals surface area contributed by atoms with Crippen molar-refractivity contribution in [2.75, 3.05) is 6.61 Å². The van der Waals surface area contributed by atoms with Gasteiger partial charge in [-0.3, -0.25) is 4.79 Å². The van der Waals surface area contributed by atoms with Crippen molar-refractivity contribution in [1.82, 2.24) is 9.66 Å². The molecule has 0 atom stereocenters. The lowest BCUT2D eigenvalue weighted by Crippen LogP contribution is -2.21. The average Bonchev–Trinajstić information content (AvgIpc) is 3.00. The molecule has 1 N–H and O–H groups in total. The molecule has 1 aromatic heterocycles. The summed E-state index contributed by atoms with van der Waals surface area (Å²) in [6.07, 6.45) is 1.58. The van der Waals surface area contributed by atoms with E-state index in [1.54, 1.807) is 42.6 Å². The maximum Gasteiger partial charge on any atom is 0.335 e. The summed E-state index contributed by atoms with van der Waals surface area (Å²) in [4.78, 5) is 30.1. The number of para-hydroxylation sites is 2. The van der Waals surface area contributed by atoms with Crippen molar-refractivity contribution >= 4 is 23.1 Å². The van der Waals surface area contributed by atoms with E-state index in [1.165, 1.54) is 10.7 Å². The minimum absolute atomic E-state index is 0.165. The number of benzene rings is 4. The third-order valence-electron chi connectivity index (χ3n) is 7.07. The van der Waals surface area contributed by atoms with Crippen molar-refractivity contribution in [2.24, 2.45) is 5.10 Å². The van der Waals surface area contributed by atoms with E-state index in [-0.39, 0.29) is 23.6 Å². The first-order valence-corrected chi connectivity index (χ1v) is 14.1. The number of fused-ring (bicyclic) bond motifs is 1. The van der Waals surface area contributed by atoms with Gasteiger partial charge >= 0.3 is 5.97 Å². The highest BCUT2D eigenvalue weighted by molar-refractivity contribution is 5.88. The molecule has 0 bridgehead atoms. The van der Waals surface area contributed by atoms with Gasteiger partial charge in [0.25, 0.3) is 5.56 Å². The minimum atomic E-state index is -0.997. The number of aromatic carboxylic acids is 1. The first-order chi connectivity index (χ1) is 20.8. The lowest BCUT2D eigenvalue weighted by Gasteiger charge is -2.18. The molecule has 5 rings (SSSR count). The number of aromatic nitrogens is 2. The maximum absolute atomic E-state index is 13.8. The topological polar surface area (TPSA) is 103 Å². The van der Waals surface area contributed by atoms with Crippen LogP contribution in [0.2, 0.25) is 0 Å². The number of hydrogen-bond acceptors (Lipinski definition) is 6. The Morgan fingerprint density at radius 3 is 2.51 bits per heavy atom. The first-order valence-electron chi connectivity index (χ1n) is 14.1. The summed E-state index contributed by atoms with van der Waals surface area (Å²) in [5, 5.41) is 14.4.